The van der Waals surface area contributed by atoms with Crippen LogP contribution in [0.1, 0.15) is 17.5 Å². The number of nitrogens with two attached hydrogens (primary N) is 1. The lowest BCUT2D eigenvalue weighted by molar-refractivity contribution is -0.138. The van der Waals surface area contributed by atoms with Crippen LogP contribution in [-0.4, -0.2) is 42.1 Å². The third-order valence-electron chi connectivity index (χ3n) is 5.29. The zero-order valence-corrected chi connectivity index (χ0v) is 17.0. The molecular weight excluding hydrogens is 406 g/mol. The fourth-order valence-corrected chi connectivity index (χ4v) is 3.73. The Bertz CT molecular complexity index is 1100. The van der Waals surface area contributed by atoms with Gasteiger partial charge in [0.2, 0.25) is 0 Å². The van der Waals surface area contributed by atoms with Crippen molar-refractivity contribution in [1.29, 1.82) is 0 Å². The van der Waals surface area contributed by atoms with Crippen LogP contribution >= 0.6 is 0 Å². The number of nitrogens with zero attached hydrogens (tertiary/aromatic N) is 2. The number of ketones is 1. The molecule has 1 aliphatic heterocycles. The Kier molecular flexibility index (Phi) is 6.26. The standard InChI is InChI=1S/C22H23F2N4O3/c1-30-21(28-8-2-3-9-28)18(29)10-13-5-7-16-20(19(13)24)31-22(26-16)27-17-11-15(23)6-4-14(17)12-25/h2,4-7,11,21H,3,8-10,12,25H2,1H3,(H,26,27)/t21-/m0/s1. The molecule has 0 spiro atoms. The Labute approximate surface area is 178 Å². The number of halogens is 2. The number of nitrogens with one attached hydrogen (secondary N) is 1. The van der Waals surface area contributed by atoms with Crippen molar-refractivity contribution in [2.45, 2.75) is 25.6 Å². The van der Waals surface area contributed by atoms with E-state index in [-0.39, 0.29) is 41.4 Å². The molecule has 1 aliphatic rings. The van der Waals surface area contributed by atoms with Gasteiger partial charge in [-0.3, -0.25) is 9.69 Å². The number of rotatable bonds is 8. The first-order chi connectivity index (χ1) is 15.0. The van der Waals surface area contributed by atoms with E-state index < -0.39 is 17.9 Å². The van der Waals surface area contributed by atoms with E-state index in [1.165, 1.54) is 25.3 Å². The fourth-order valence-electron chi connectivity index (χ4n) is 3.73. The molecule has 3 aromatic rings. The van der Waals surface area contributed by atoms with Gasteiger partial charge in [-0.2, -0.15) is 4.98 Å². The first-order valence-corrected chi connectivity index (χ1v) is 9.94. The molecule has 4 rings (SSSR count). The number of oxazole rings is 1. The van der Waals surface area contributed by atoms with E-state index in [9.17, 15) is 9.18 Å². The lowest BCUT2D eigenvalue weighted by Crippen LogP contribution is -2.41. The molecule has 2 heterocycles. The van der Waals surface area contributed by atoms with Crippen LogP contribution in [0.25, 0.3) is 11.1 Å². The molecule has 0 saturated carbocycles. The molecule has 31 heavy (non-hydrogen) atoms. The van der Waals surface area contributed by atoms with Crippen LogP contribution in [0.15, 0.2) is 34.7 Å². The number of benzene rings is 2. The number of Topliss-reactive ketones (excluding diaryl/α,β-unsaturated/α-hetero) is 1. The summed E-state index contributed by atoms with van der Waals surface area (Å²) in [6, 6.07) is 7.21. The van der Waals surface area contributed by atoms with Gasteiger partial charge in [-0.15, -0.1) is 0 Å². The van der Waals surface area contributed by atoms with E-state index in [2.05, 4.69) is 16.7 Å². The molecule has 1 fully saturated rings. The molecule has 1 aromatic heterocycles. The molecule has 0 amide bonds. The first kappa shape index (κ1) is 21.4. The number of ether oxygens (including phenoxy) is 1. The van der Waals surface area contributed by atoms with E-state index in [0.29, 0.717) is 17.8 Å². The van der Waals surface area contributed by atoms with Crippen LogP contribution in [0.3, 0.4) is 0 Å². The van der Waals surface area contributed by atoms with Crippen molar-refractivity contribution in [2.24, 2.45) is 5.73 Å². The lowest BCUT2D eigenvalue weighted by atomic mass is 10.1. The molecular formula is C22H23F2N4O3. The number of carbonyl (C=O) groups is 1. The largest absolute Gasteiger partial charge is 0.420 e. The number of anilines is 2. The number of likely N-dealkylation sites (tertiary alicyclic amines) is 1. The molecule has 2 aromatic carbocycles. The van der Waals surface area contributed by atoms with Gasteiger partial charge < -0.3 is 20.2 Å². The van der Waals surface area contributed by atoms with Crippen molar-refractivity contribution in [1.82, 2.24) is 9.88 Å². The molecule has 9 heteroatoms. The van der Waals surface area contributed by atoms with Gasteiger partial charge in [0.1, 0.15) is 11.3 Å². The van der Waals surface area contributed by atoms with Crippen molar-refractivity contribution in [3.8, 4) is 0 Å². The normalized spacial score (nSPS) is 15.5. The average Bonchev–Trinajstić information content (AvgIpc) is 3.41. The summed E-state index contributed by atoms with van der Waals surface area (Å²) in [5.74, 6) is -1.35. The van der Waals surface area contributed by atoms with E-state index >= 15 is 4.39 Å². The summed E-state index contributed by atoms with van der Waals surface area (Å²) in [6.45, 7) is 1.57. The van der Waals surface area contributed by atoms with Crippen molar-refractivity contribution < 1.29 is 22.7 Å². The van der Waals surface area contributed by atoms with E-state index in [1.54, 1.807) is 12.1 Å². The van der Waals surface area contributed by atoms with Gasteiger partial charge in [0.25, 0.3) is 6.01 Å². The Morgan fingerprint density at radius 1 is 1.32 bits per heavy atom. The van der Waals surface area contributed by atoms with Crippen LogP contribution in [-0.2, 0) is 22.5 Å². The monoisotopic (exact) mass is 429 g/mol. The summed E-state index contributed by atoms with van der Waals surface area (Å²) in [4.78, 5) is 18.8. The third kappa shape index (κ3) is 4.43. The van der Waals surface area contributed by atoms with Crippen molar-refractivity contribution in [2.75, 3.05) is 25.5 Å². The summed E-state index contributed by atoms with van der Waals surface area (Å²) in [5, 5.41) is 2.84. The number of aromatic nitrogens is 1. The second kappa shape index (κ2) is 9.09. The van der Waals surface area contributed by atoms with Gasteiger partial charge in [0.15, 0.2) is 23.4 Å². The van der Waals surface area contributed by atoms with E-state index in [0.717, 1.165) is 13.0 Å². The number of carbonyl (C=O) groups excluding carboxylic acids is 1. The van der Waals surface area contributed by atoms with Crippen molar-refractivity contribution in [3.63, 3.8) is 0 Å². The van der Waals surface area contributed by atoms with Crippen LogP contribution in [0.2, 0.25) is 0 Å². The van der Waals surface area contributed by atoms with Crippen LogP contribution < -0.4 is 11.1 Å². The predicted octanol–water partition coefficient (Wildman–Crippen LogP) is 3.30. The van der Waals surface area contributed by atoms with Gasteiger partial charge in [0.05, 0.1) is 0 Å². The number of methoxy groups -OCH3 is 1. The molecule has 0 aliphatic carbocycles. The molecule has 3 N–H and O–H groups in total. The highest BCUT2D eigenvalue weighted by molar-refractivity contribution is 5.86. The van der Waals surface area contributed by atoms with Crippen LogP contribution in [0.5, 0.6) is 0 Å². The Morgan fingerprint density at radius 3 is 2.84 bits per heavy atom. The molecule has 1 radical (unpaired) electrons. The number of hydrogen-bond donors (Lipinski definition) is 2. The van der Waals surface area contributed by atoms with E-state index in [1.807, 2.05) is 4.90 Å². The highest BCUT2D eigenvalue weighted by Crippen LogP contribution is 2.28. The van der Waals surface area contributed by atoms with Gasteiger partial charge in [-0.05, 0) is 42.2 Å². The fraction of sp³-hybridized carbons (Fsp3) is 0.318. The van der Waals surface area contributed by atoms with Crippen molar-refractivity contribution >= 4 is 28.6 Å². The average molecular weight is 429 g/mol. The van der Waals surface area contributed by atoms with Crippen molar-refractivity contribution in [3.05, 3.63) is 59.5 Å². The smallest absolute Gasteiger partial charge is 0.300 e. The number of fused-ring (bicyclic) bond motifs is 1. The molecule has 1 atom stereocenters. The van der Waals surface area contributed by atoms with Gasteiger partial charge in [-0.1, -0.05) is 12.1 Å². The summed E-state index contributed by atoms with van der Waals surface area (Å²) in [6.07, 6.45) is 2.10. The zero-order valence-electron chi connectivity index (χ0n) is 17.0. The van der Waals surface area contributed by atoms with Gasteiger partial charge >= 0.3 is 0 Å². The summed E-state index contributed by atoms with van der Waals surface area (Å²) in [7, 11) is 1.47. The summed E-state index contributed by atoms with van der Waals surface area (Å²) in [5.41, 5.74) is 7.11. The number of hydrogen-bond acceptors (Lipinski definition) is 7. The minimum atomic E-state index is -0.719. The first-order valence-electron chi connectivity index (χ1n) is 9.94. The third-order valence-corrected chi connectivity index (χ3v) is 5.29. The Hall–Kier alpha value is -2.88. The second-order valence-electron chi connectivity index (χ2n) is 7.34. The molecule has 7 nitrogen and oxygen atoms in total. The van der Waals surface area contributed by atoms with Gasteiger partial charge in [-0.25, -0.2) is 8.78 Å². The predicted molar refractivity (Wildman–Crippen MR) is 112 cm³/mol. The van der Waals surface area contributed by atoms with Crippen LogP contribution in [0.4, 0.5) is 20.5 Å². The maximum Gasteiger partial charge on any atom is 0.300 e. The van der Waals surface area contributed by atoms with Crippen LogP contribution in [0, 0.1) is 18.1 Å². The highest BCUT2D eigenvalue weighted by atomic mass is 19.1. The molecule has 0 bridgehead atoms. The highest BCUT2D eigenvalue weighted by Gasteiger charge is 2.29. The van der Waals surface area contributed by atoms with Gasteiger partial charge in [0, 0.05) is 38.9 Å². The zero-order chi connectivity index (χ0) is 22.0. The SMILES string of the molecule is CO[C@@H](C(=O)Cc1ccc2nc(Nc3cc(F)ccc3CN)oc2c1F)N1C[CH]CC1. The van der Waals surface area contributed by atoms with E-state index in [4.69, 9.17) is 14.9 Å². The molecule has 0 unspecified atom stereocenters. The maximum atomic E-state index is 15.1. The maximum absolute atomic E-state index is 15.1. The summed E-state index contributed by atoms with van der Waals surface area (Å²) < 4.78 is 39.6. The summed E-state index contributed by atoms with van der Waals surface area (Å²) >= 11 is 0. The quantitative estimate of drug-likeness (QED) is 0.567. The minimum absolute atomic E-state index is 0.0000449. The Balaban J connectivity index is 1.57. The topological polar surface area (TPSA) is 93.6 Å². The lowest BCUT2D eigenvalue weighted by Gasteiger charge is -2.24. The molecule has 1 saturated heterocycles. The Morgan fingerprint density at radius 2 is 2.13 bits per heavy atom. The second-order valence-corrected chi connectivity index (χ2v) is 7.34. The minimum Gasteiger partial charge on any atom is -0.420 e. The molecule has 163 valence electrons.